The highest BCUT2D eigenvalue weighted by atomic mass is 16.5. The van der Waals surface area contributed by atoms with Crippen LogP contribution in [0.1, 0.15) is 45.1 Å². The summed E-state index contributed by atoms with van der Waals surface area (Å²) in [6.45, 7) is 8.91. The number of hydrogen-bond acceptors (Lipinski definition) is 4. The van der Waals surface area contributed by atoms with Crippen LogP contribution in [0.4, 0.5) is 5.69 Å². The molecule has 104 valence electrons. The Morgan fingerprint density at radius 1 is 1.32 bits per heavy atom. The average molecular weight is 264 g/mol. The zero-order valence-electron chi connectivity index (χ0n) is 12.0. The van der Waals surface area contributed by atoms with Crippen molar-refractivity contribution in [2.24, 2.45) is 5.41 Å². The van der Waals surface area contributed by atoms with Crippen LogP contribution in [0.2, 0.25) is 0 Å². The predicted octanol–water partition coefficient (Wildman–Crippen LogP) is 2.63. The predicted molar refractivity (Wildman–Crippen MR) is 72.9 cm³/mol. The van der Waals surface area contributed by atoms with Crippen LogP contribution in [-0.4, -0.2) is 23.0 Å². The zero-order chi connectivity index (χ0) is 14.6. The molecule has 0 atom stereocenters. The van der Waals surface area contributed by atoms with Gasteiger partial charge in [0.1, 0.15) is 0 Å². The van der Waals surface area contributed by atoms with Crippen molar-refractivity contribution in [2.75, 3.05) is 5.32 Å². The molecule has 0 bridgehead atoms. The van der Waals surface area contributed by atoms with Crippen molar-refractivity contribution in [1.29, 1.82) is 0 Å². The molecule has 1 aromatic rings. The van der Waals surface area contributed by atoms with E-state index in [4.69, 9.17) is 4.74 Å². The van der Waals surface area contributed by atoms with E-state index in [1.54, 1.807) is 46.8 Å². The van der Waals surface area contributed by atoms with Gasteiger partial charge in [0.05, 0.1) is 11.8 Å². The number of pyridine rings is 1. The molecule has 0 saturated heterocycles. The molecule has 5 heteroatoms. The molecule has 1 rings (SSSR count). The molecule has 19 heavy (non-hydrogen) atoms. The lowest BCUT2D eigenvalue weighted by atomic mass is 9.95. The third-order valence-corrected chi connectivity index (χ3v) is 2.27. The van der Waals surface area contributed by atoms with Gasteiger partial charge < -0.3 is 10.1 Å². The molecule has 1 aromatic heterocycles. The van der Waals surface area contributed by atoms with Gasteiger partial charge in [0, 0.05) is 11.6 Å². The number of carbonyl (C=O) groups is 2. The maximum absolute atomic E-state index is 11.9. The average Bonchev–Trinajstić information content (AvgIpc) is 2.27. The lowest BCUT2D eigenvalue weighted by molar-refractivity contribution is -0.123. The van der Waals surface area contributed by atoms with Crippen LogP contribution < -0.4 is 5.32 Å². The first-order valence-electron chi connectivity index (χ1n) is 6.19. The zero-order valence-corrected chi connectivity index (χ0v) is 12.0. The molecule has 0 aromatic carbocycles. The summed E-state index contributed by atoms with van der Waals surface area (Å²) in [4.78, 5) is 27.8. The number of anilines is 1. The van der Waals surface area contributed by atoms with E-state index in [1.165, 1.54) is 6.20 Å². The number of nitrogens with one attached hydrogen (secondary N) is 1. The van der Waals surface area contributed by atoms with Crippen LogP contribution in [-0.2, 0) is 9.53 Å². The van der Waals surface area contributed by atoms with E-state index in [-0.39, 0.29) is 17.7 Å². The van der Waals surface area contributed by atoms with Crippen molar-refractivity contribution in [2.45, 2.75) is 40.7 Å². The fraction of sp³-hybridized carbons (Fsp3) is 0.500. The fourth-order valence-corrected chi connectivity index (χ4v) is 1.25. The number of nitrogens with zero attached hydrogens (tertiary/aromatic N) is 1. The van der Waals surface area contributed by atoms with Crippen molar-refractivity contribution in [3.05, 3.63) is 24.0 Å². The first kappa shape index (κ1) is 15.1. The van der Waals surface area contributed by atoms with Gasteiger partial charge in [-0.25, -0.2) is 9.78 Å². The minimum atomic E-state index is -0.547. The molecule has 0 fully saturated rings. The van der Waals surface area contributed by atoms with Gasteiger partial charge in [0.25, 0.3) is 0 Å². The number of aromatic nitrogens is 1. The second-order valence-corrected chi connectivity index (χ2v) is 5.56. The summed E-state index contributed by atoms with van der Waals surface area (Å²) in [6, 6.07) is 3.29. The molecule has 0 aliphatic rings. The molecule has 1 N–H and O–H groups in total. The Hall–Kier alpha value is -1.91. The number of ether oxygens (including phenoxy) is 1. The normalized spacial score (nSPS) is 11.3. The van der Waals surface area contributed by atoms with E-state index >= 15 is 0 Å². The van der Waals surface area contributed by atoms with Crippen molar-refractivity contribution >= 4 is 17.6 Å². The molecule has 0 radical (unpaired) electrons. The minimum absolute atomic E-state index is 0.119. The van der Waals surface area contributed by atoms with Gasteiger partial charge in [-0.05, 0) is 26.0 Å². The van der Waals surface area contributed by atoms with Gasteiger partial charge >= 0.3 is 5.97 Å². The van der Waals surface area contributed by atoms with Crippen molar-refractivity contribution < 1.29 is 14.3 Å². The van der Waals surface area contributed by atoms with Gasteiger partial charge in [-0.1, -0.05) is 20.8 Å². The third-order valence-electron chi connectivity index (χ3n) is 2.27. The summed E-state index contributed by atoms with van der Waals surface area (Å²) >= 11 is 0. The van der Waals surface area contributed by atoms with Crippen molar-refractivity contribution in [3.63, 3.8) is 0 Å². The summed E-state index contributed by atoms with van der Waals surface area (Å²) in [5.41, 5.74) is -0.0587. The molecule has 0 saturated carbocycles. The summed E-state index contributed by atoms with van der Waals surface area (Å²) in [5, 5.41) is 2.70. The topological polar surface area (TPSA) is 68.3 Å². The monoisotopic (exact) mass is 264 g/mol. The Labute approximate surface area is 113 Å². The molecule has 0 aliphatic heterocycles. The largest absolute Gasteiger partial charge is 0.458 e. The molecule has 1 heterocycles. The SMILES string of the molecule is CC(C)OC(=O)c1ncccc1NC(=O)C(C)(C)C. The summed E-state index contributed by atoms with van der Waals surface area (Å²) in [7, 11) is 0. The van der Waals surface area contributed by atoms with Gasteiger partial charge in [-0.3, -0.25) is 4.79 Å². The summed E-state index contributed by atoms with van der Waals surface area (Å²) < 4.78 is 5.09. The summed E-state index contributed by atoms with van der Waals surface area (Å²) in [6.07, 6.45) is 1.25. The lowest BCUT2D eigenvalue weighted by Crippen LogP contribution is -2.29. The second kappa shape index (κ2) is 5.82. The van der Waals surface area contributed by atoms with Gasteiger partial charge in [0.15, 0.2) is 5.69 Å². The molecule has 0 unspecified atom stereocenters. The first-order chi connectivity index (χ1) is 8.71. The maximum Gasteiger partial charge on any atom is 0.359 e. The highest BCUT2D eigenvalue weighted by Gasteiger charge is 2.24. The lowest BCUT2D eigenvalue weighted by Gasteiger charge is -2.18. The highest BCUT2D eigenvalue weighted by molar-refractivity contribution is 6.01. The van der Waals surface area contributed by atoms with Crippen LogP contribution in [0.25, 0.3) is 0 Å². The second-order valence-electron chi connectivity index (χ2n) is 5.56. The molecular formula is C14H20N2O3. The van der Waals surface area contributed by atoms with Crippen molar-refractivity contribution in [3.8, 4) is 0 Å². The van der Waals surface area contributed by atoms with E-state index in [2.05, 4.69) is 10.3 Å². The first-order valence-corrected chi connectivity index (χ1v) is 6.19. The Morgan fingerprint density at radius 3 is 2.47 bits per heavy atom. The standard InChI is InChI=1S/C14H20N2O3/c1-9(2)19-12(17)11-10(7-6-8-15-11)16-13(18)14(3,4)5/h6-9H,1-5H3,(H,16,18). The van der Waals surface area contributed by atoms with Crippen LogP contribution in [0.3, 0.4) is 0 Å². The Balaban J connectivity index is 2.97. The van der Waals surface area contributed by atoms with Crippen molar-refractivity contribution in [1.82, 2.24) is 4.98 Å². The highest BCUT2D eigenvalue weighted by Crippen LogP contribution is 2.20. The van der Waals surface area contributed by atoms with Crippen LogP contribution in [0.15, 0.2) is 18.3 Å². The molecule has 0 aliphatic carbocycles. The van der Waals surface area contributed by atoms with Gasteiger partial charge in [-0.15, -0.1) is 0 Å². The molecule has 1 amide bonds. The fourth-order valence-electron chi connectivity index (χ4n) is 1.25. The quantitative estimate of drug-likeness (QED) is 0.852. The Morgan fingerprint density at radius 2 is 1.95 bits per heavy atom. The Bertz CT molecular complexity index is 476. The van der Waals surface area contributed by atoms with Gasteiger partial charge in [0.2, 0.25) is 5.91 Å². The van der Waals surface area contributed by atoms with Crippen LogP contribution >= 0.6 is 0 Å². The number of rotatable bonds is 3. The minimum Gasteiger partial charge on any atom is -0.458 e. The van der Waals surface area contributed by atoms with E-state index in [0.717, 1.165) is 0 Å². The van der Waals surface area contributed by atoms with E-state index < -0.39 is 11.4 Å². The smallest absolute Gasteiger partial charge is 0.359 e. The molecule has 5 nitrogen and oxygen atoms in total. The van der Waals surface area contributed by atoms with E-state index in [1.807, 2.05) is 0 Å². The summed E-state index contributed by atoms with van der Waals surface area (Å²) in [5.74, 6) is -0.723. The third kappa shape index (κ3) is 4.35. The van der Waals surface area contributed by atoms with Crippen LogP contribution in [0.5, 0.6) is 0 Å². The number of hydrogen-bond donors (Lipinski definition) is 1. The number of carbonyl (C=O) groups excluding carboxylic acids is 2. The molecular weight excluding hydrogens is 244 g/mol. The maximum atomic E-state index is 11.9. The Kier molecular flexibility index (Phi) is 4.64. The van der Waals surface area contributed by atoms with E-state index in [9.17, 15) is 9.59 Å². The molecule has 0 spiro atoms. The van der Waals surface area contributed by atoms with Gasteiger partial charge in [-0.2, -0.15) is 0 Å². The van der Waals surface area contributed by atoms with E-state index in [0.29, 0.717) is 5.69 Å². The number of esters is 1. The number of amides is 1. The van der Waals surface area contributed by atoms with Crippen LogP contribution in [0, 0.1) is 5.41 Å².